The second kappa shape index (κ2) is 8.94. The molecule has 0 N–H and O–H groups in total. The van der Waals surface area contributed by atoms with Crippen LogP contribution in [0.2, 0.25) is 0 Å². The molecule has 0 rings (SSSR count). The van der Waals surface area contributed by atoms with Crippen molar-refractivity contribution in [1.29, 1.82) is 0 Å². The van der Waals surface area contributed by atoms with E-state index in [-0.39, 0.29) is 18.4 Å². The van der Waals surface area contributed by atoms with E-state index in [1.165, 1.54) is 0 Å². The van der Waals surface area contributed by atoms with Crippen LogP contribution in [0.4, 0.5) is 0 Å². The van der Waals surface area contributed by atoms with Crippen LogP contribution in [0.25, 0.3) is 0 Å². The van der Waals surface area contributed by atoms with E-state index in [2.05, 4.69) is 0 Å². The molecule has 0 aliphatic heterocycles. The van der Waals surface area contributed by atoms with E-state index in [1.54, 1.807) is 0 Å². The number of ether oxygens (including phenoxy) is 2. The van der Waals surface area contributed by atoms with Gasteiger partial charge in [-0.05, 0) is 12.8 Å². The molecule has 0 heterocycles. The van der Waals surface area contributed by atoms with Crippen molar-refractivity contribution in [3.05, 3.63) is 0 Å². The average molecular weight is 328 g/mol. The Hall–Kier alpha value is -0.330. The molecule has 1 unspecified atom stereocenters. The average Bonchev–Trinajstić information content (AvgIpc) is 2.22. The standard InChI is InChI=1S/C10H17IO4/c1-3-5-14-9(12)7-8(11)10(13)15-6-4-2/h8H,3-7H2,1-2H3. The summed E-state index contributed by atoms with van der Waals surface area (Å²) in [5, 5.41) is 0. The zero-order chi connectivity index (χ0) is 11.7. The molecule has 1 atom stereocenters. The fourth-order valence-electron chi connectivity index (χ4n) is 0.798. The molecule has 0 aliphatic rings. The van der Waals surface area contributed by atoms with Crippen molar-refractivity contribution in [2.75, 3.05) is 13.2 Å². The molecule has 0 aromatic heterocycles. The molecule has 0 saturated heterocycles. The SMILES string of the molecule is CCCOC(=O)CC(I)C(=O)OCCC. The third kappa shape index (κ3) is 7.58. The third-order valence-electron chi connectivity index (χ3n) is 1.52. The van der Waals surface area contributed by atoms with Gasteiger partial charge >= 0.3 is 11.9 Å². The van der Waals surface area contributed by atoms with E-state index in [0.29, 0.717) is 13.2 Å². The Labute approximate surface area is 104 Å². The van der Waals surface area contributed by atoms with E-state index < -0.39 is 3.92 Å². The number of rotatable bonds is 7. The highest BCUT2D eigenvalue weighted by Gasteiger charge is 2.20. The van der Waals surface area contributed by atoms with Crippen molar-refractivity contribution in [1.82, 2.24) is 0 Å². The number of esters is 2. The van der Waals surface area contributed by atoms with Crippen LogP contribution in [-0.4, -0.2) is 29.1 Å². The second-order valence-electron chi connectivity index (χ2n) is 3.06. The highest BCUT2D eigenvalue weighted by atomic mass is 127. The van der Waals surface area contributed by atoms with E-state index in [1.807, 2.05) is 36.4 Å². The minimum Gasteiger partial charge on any atom is -0.466 e. The van der Waals surface area contributed by atoms with E-state index in [0.717, 1.165) is 12.8 Å². The van der Waals surface area contributed by atoms with Gasteiger partial charge in [0.05, 0.1) is 19.6 Å². The zero-order valence-corrected chi connectivity index (χ0v) is 11.3. The van der Waals surface area contributed by atoms with Crippen molar-refractivity contribution >= 4 is 34.5 Å². The Balaban J connectivity index is 3.75. The monoisotopic (exact) mass is 328 g/mol. The number of hydrogen-bond donors (Lipinski definition) is 0. The minimum absolute atomic E-state index is 0.0864. The van der Waals surface area contributed by atoms with Crippen molar-refractivity contribution in [2.45, 2.75) is 37.0 Å². The summed E-state index contributed by atoms with van der Waals surface area (Å²) in [6.45, 7) is 4.66. The van der Waals surface area contributed by atoms with Gasteiger partial charge in [0.15, 0.2) is 0 Å². The first-order valence-electron chi connectivity index (χ1n) is 5.08. The molecule has 5 heteroatoms. The molecular formula is C10H17IO4. The van der Waals surface area contributed by atoms with Gasteiger partial charge in [-0.2, -0.15) is 0 Å². The van der Waals surface area contributed by atoms with E-state index in [9.17, 15) is 9.59 Å². The molecule has 0 radical (unpaired) electrons. The Kier molecular flexibility index (Phi) is 8.74. The maximum Gasteiger partial charge on any atom is 0.319 e. The smallest absolute Gasteiger partial charge is 0.319 e. The molecule has 0 aromatic rings. The summed E-state index contributed by atoms with van der Waals surface area (Å²) >= 11 is 1.90. The summed E-state index contributed by atoms with van der Waals surface area (Å²) in [5.74, 6) is -0.685. The van der Waals surface area contributed by atoms with Crippen LogP contribution in [0.3, 0.4) is 0 Å². The molecule has 15 heavy (non-hydrogen) atoms. The Morgan fingerprint density at radius 2 is 1.67 bits per heavy atom. The summed E-state index contributed by atoms with van der Waals surface area (Å²) in [6, 6.07) is 0. The molecule has 0 saturated carbocycles. The summed E-state index contributed by atoms with van der Waals surface area (Å²) in [7, 11) is 0. The Bertz CT molecular complexity index is 206. The van der Waals surface area contributed by atoms with Crippen molar-refractivity contribution < 1.29 is 19.1 Å². The lowest BCUT2D eigenvalue weighted by molar-refractivity contribution is -0.149. The minimum atomic E-state index is -0.446. The molecule has 4 nitrogen and oxygen atoms in total. The predicted molar refractivity (Wildman–Crippen MR) is 64.9 cm³/mol. The van der Waals surface area contributed by atoms with Crippen molar-refractivity contribution in [3.8, 4) is 0 Å². The summed E-state index contributed by atoms with van der Waals surface area (Å²) in [4.78, 5) is 22.4. The number of hydrogen-bond acceptors (Lipinski definition) is 4. The van der Waals surface area contributed by atoms with E-state index in [4.69, 9.17) is 9.47 Å². The van der Waals surface area contributed by atoms with Gasteiger partial charge in [0, 0.05) is 0 Å². The first-order valence-corrected chi connectivity index (χ1v) is 6.32. The Morgan fingerprint density at radius 1 is 1.13 bits per heavy atom. The normalized spacial score (nSPS) is 11.9. The lowest BCUT2D eigenvalue weighted by Gasteiger charge is -2.09. The molecule has 0 aliphatic carbocycles. The van der Waals surface area contributed by atoms with Gasteiger partial charge in [0.25, 0.3) is 0 Å². The fraction of sp³-hybridized carbons (Fsp3) is 0.800. The van der Waals surface area contributed by atoms with Gasteiger partial charge in [-0.15, -0.1) is 0 Å². The number of carbonyl (C=O) groups is 2. The molecule has 0 bridgehead atoms. The molecular weight excluding hydrogens is 311 g/mol. The maximum absolute atomic E-state index is 11.3. The highest BCUT2D eigenvalue weighted by molar-refractivity contribution is 14.1. The highest BCUT2D eigenvalue weighted by Crippen LogP contribution is 2.09. The van der Waals surface area contributed by atoms with Gasteiger partial charge in [0.1, 0.15) is 3.92 Å². The molecule has 88 valence electrons. The topological polar surface area (TPSA) is 52.6 Å². The van der Waals surface area contributed by atoms with Gasteiger partial charge in [-0.25, -0.2) is 0 Å². The lowest BCUT2D eigenvalue weighted by atomic mass is 10.3. The van der Waals surface area contributed by atoms with Gasteiger partial charge in [0.2, 0.25) is 0 Å². The van der Waals surface area contributed by atoms with Gasteiger partial charge in [-0.1, -0.05) is 36.4 Å². The van der Waals surface area contributed by atoms with Crippen LogP contribution >= 0.6 is 22.6 Å². The van der Waals surface area contributed by atoms with Crippen molar-refractivity contribution in [2.24, 2.45) is 0 Å². The first kappa shape index (κ1) is 14.7. The van der Waals surface area contributed by atoms with Crippen molar-refractivity contribution in [3.63, 3.8) is 0 Å². The van der Waals surface area contributed by atoms with Gasteiger partial charge in [-0.3, -0.25) is 9.59 Å². The lowest BCUT2D eigenvalue weighted by Crippen LogP contribution is -2.22. The first-order chi connectivity index (χ1) is 7.11. The van der Waals surface area contributed by atoms with Crippen LogP contribution in [0, 0.1) is 0 Å². The third-order valence-corrected chi connectivity index (χ3v) is 2.47. The predicted octanol–water partition coefficient (Wildman–Crippen LogP) is 2.09. The van der Waals surface area contributed by atoms with Gasteiger partial charge < -0.3 is 9.47 Å². The number of halogens is 1. The second-order valence-corrected chi connectivity index (χ2v) is 4.56. The van der Waals surface area contributed by atoms with Crippen LogP contribution in [-0.2, 0) is 19.1 Å². The van der Waals surface area contributed by atoms with Crippen LogP contribution < -0.4 is 0 Å². The van der Waals surface area contributed by atoms with Crippen LogP contribution in [0.5, 0.6) is 0 Å². The maximum atomic E-state index is 11.3. The number of alkyl halides is 1. The fourth-order valence-corrected chi connectivity index (χ4v) is 1.34. The molecule has 0 amide bonds. The molecule has 0 spiro atoms. The van der Waals surface area contributed by atoms with Crippen LogP contribution in [0.15, 0.2) is 0 Å². The largest absolute Gasteiger partial charge is 0.466 e. The molecule has 0 fully saturated rings. The summed E-state index contributed by atoms with van der Waals surface area (Å²) < 4.78 is 9.32. The summed E-state index contributed by atoms with van der Waals surface area (Å²) in [6.07, 6.45) is 1.66. The molecule has 0 aromatic carbocycles. The van der Waals surface area contributed by atoms with E-state index >= 15 is 0 Å². The van der Waals surface area contributed by atoms with Crippen LogP contribution in [0.1, 0.15) is 33.1 Å². The number of carbonyl (C=O) groups excluding carboxylic acids is 2. The zero-order valence-electron chi connectivity index (χ0n) is 9.12. The Morgan fingerprint density at radius 3 is 2.20 bits per heavy atom. The summed E-state index contributed by atoms with van der Waals surface area (Å²) in [5.41, 5.74) is 0. The quantitative estimate of drug-likeness (QED) is 0.408.